The number of halogens is 1. The second-order valence-corrected chi connectivity index (χ2v) is 4.99. The van der Waals surface area contributed by atoms with Crippen molar-refractivity contribution >= 4 is 17.6 Å². The molecule has 0 spiro atoms. The lowest BCUT2D eigenvalue weighted by molar-refractivity contribution is -0.121. The van der Waals surface area contributed by atoms with E-state index in [0.29, 0.717) is 25.9 Å². The standard InChI is InChI=1S/C14H18FN3O3/c15-11-3-1-2-4-12(11)16-14(21)17-13(20)9-18-7-5-10(19)6-8-18/h1-4,10,19H,5-9H2,(H2,16,17,20,21). The average Bonchev–Trinajstić information content (AvgIpc) is 2.44. The molecule has 3 amide bonds. The first-order valence-electron chi connectivity index (χ1n) is 6.80. The smallest absolute Gasteiger partial charge is 0.326 e. The fourth-order valence-electron chi connectivity index (χ4n) is 2.16. The highest BCUT2D eigenvalue weighted by Crippen LogP contribution is 2.12. The third kappa shape index (κ3) is 4.80. The van der Waals surface area contributed by atoms with E-state index in [9.17, 15) is 19.1 Å². The number of carbonyl (C=O) groups is 2. The molecular weight excluding hydrogens is 277 g/mol. The second kappa shape index (κ2) is 7.14. The molecule has 21 heavy (non-hydrogen) atoms. The summed E-state index contributed by atoms with van der Waals surface area (Å²) < 4.78 is 13.3. The highest BCUT2D eigenvalue weighted by atomic mass is 19.1. The van der Waals surface area contributed by atoms with E-state index in [4.69, 9.17) is 0 Å². The van der Waals surface area contributed by atoms with Crippen molar-refractivity contribution in [1.29, 1.82) is 0 Å². The van der Waals surface area contributed by atoms with Crippen LogP contribution in [0, 0.1) is 5.82 Å². The zero-order valence-electron chi connectivity index (χ0n) is 11.5. The van der Waals surface area contributed by atoms with E-state index >= 15 is 0 Å². The molecule has 6 nitrogen and oxygen atoms in total. The Hall–Kier alpha value is -1.99. The van der Waals surface area contributed by atoms with Crippen molar-refractivity contribution < 1.29 is 19.1 Å². The Bertz CT molecular complexity index is 516. The first-order valence-corrected chi connectivity index (χ1v) is 6.80. The summed E-state index contributed by atoms with van der Waals surface area (Å²) in [6.45, 7) is 1.31. The van der Waals surface area contributed by atoms with Crippen molar-refractivity contribution in [3.63, 3.8) is 0 Å². The largest absolute Gasteiger partial charge is 0.393 e. The molecule has 2 rings (SSSR count). The molecule has 7 heteroatoms. The number of para-hydroxylation sites is 1. The van der Waals surface area contributed by atoms with Gasteiger partial charge in [0.05, 0.1) is 18.3 Å². The summed E-state index contributed by atoms with van der Waals surface area (Å²) in [5.41, 5.74) is 0.0175. The SMILES string of the molecule is O=C(CN1CCC(O)CC1)NC(=O)Nc1ccccc1F. The fourth-order valence-corrected chi connectivity index (χ4v) is 2.16. The van der Waals surface area contributed by atoms with Gasteiger partial charge in [0.2, 0.25) is 5.91 Å². The third-order valence-electron chi connectivity index (χ3n) is 3.30. The molecule has 1 fully saturated rings. The molecule has 0 aliphatic carbocycles. The molecule has 0 radical (unpaired) electrons. The summed E-state index contributed by atoms with van der Waals surface area (Å²) in [6.07, 6.45) is 0.928. The average molecular weight is 295 g/mol. The second-order valence-electron chi connectivity index (χ2n) is 4.99. The Kier molecular flexibility index (Phi) is 5.24. The normalized spacial score (nSPS) is 16.5. The van der Waals surface area contributed by atoms with Crippen molar-refractivity contribution in [3.8, 4) is 0 Å². The topological polar surface area (TPSA) is 81.7 Å². The van der Waals surface area contributed by atoms with Gasteiger partial charge in [0, 0.05) is 13.1 Å². The first-order chi connectivity index (χ1) is 10.0. The molecule has 0 aromatic heterocycles. The van der Waals surface area contributed by atoms with E-state index in [2.05, 4.69) is 10.6 Å². The number of rotatable bonds is 3. The molecular formula is C14H18FN3O3. The van der Waals surface area contributed by atoms with E-state index in [1.807, 2.05) is 4.90 Å². The molecule has 1 aromatic carbocycles. The minimum Gasteiger partial charge on any atom is -0.393 e. The minimum absolute atomic E-state index is 0.0175. The third-order valence-corrected chi connectivity index (χ3v) is 3.30. The number of urea groups is 1. The van der Waals surface area contributed by atoms with Crippen LogP contribution in [0.2, 0.25) is 0 Å². The summed E-state index contributed by atoms with van der Waals surface area (Å²) in [6, 6.07) is 4.96. The summed E-state index contributed by atoms with van der Waals surface area (Å²) in [7, 11) is 0. The Balaban J connectivity index is 1.77. The molecule has 1 saturated heterocycles. The minimum atomic E-state index is -0.762. The number of piperidine rings is 1. The summed E-state index contributed by atoms with van der Waals surface area (Å²) >= 11 is 0. The van der Waals surface area contributed by atoms with Gasteiger partial charge in [0.25, 0.3) is 0 Å². The lowest BCUT2D eigenvalue weighted by Gasteiger charge is -2.28. The van der Waals surface area contributed by atoms with Crippen LogP contribution < -0.4 is 10.6 Å². The molecule has 1 aliphatic heterocycles. The van der Waals surface area contributed by atoms with E-state index in [1.54, 1.807) is 6.07 Å². The van der Waals surface area contributed by atoms with Crippen LogP contribution >= 0.6 is 0 Å². The summed E-state index contributed by atoms with van der Waals surface area (Å²) in [5.74, 6) is -1.02. The maximum absolute atomic E-state index is 13.3. The highest BCUT2D eigenvalue weighted by molar-refractivity contribution is 6.01. The number of likely N-dealkylation sites (tertiary alicyclic amines) is 1. The number of anilines is 1. The van der Waals surface area contributed by atoms with Crippen LogP contribution in [0.5, 0.6) is 0 Å². The molecule has 0 atom stereocenters. The van der Waals surface area contributed by atoms with Crippen LogP contribution in [0.25, 0.3) is 0 Å². The Labute approximate surface area is 121 Å². The van der Waals surface area contributed by atoms with Gasteiger partial charge in [-0.15, -0.1) is 0 Å². The lowest BCUT2D eigenvalue weighted by Crippen LogP contribution is -2.45. The van der Waals surface area contributed by atoms with Crippen LogP contribution in [0.1, 0.15) is 12.8 Å². The van der Waals surface area contributed by atoms with Crippen molar-refractivity contribution in [3.05, 3.63) is 30.1 Å². The Morgan fingerprint density at radius 2 is 1.95 bits per heavy atom. The molecule has 0 unspecified atom stereocenters. The highest BCUT2D eigenvalue weighted by Gasteiger charge is 2.20. The van der Waals surface area contributed by atoms with Crippen LogP contribution in [-0.4, -0.2) is 47.7 Å². The van der Waals surface area contributed by atoms with Gasteiger partial charge < -0.3 is 10.4 Å². The maximum Gasteiger partial charge on any atom is 0.326 e. The van der Waals surface area contributed by atoms with Crippen molar-refractivity contribution in [2.75, 3.05) is 25.0 Å². The van der Waals surface area contributed by atoms with Crippen LogP contribution in [-0.2, 0) is 4.79 Å². The number of aliphatic hydroxyl groups excluding tert-OH is 1. The number of aliphatic hydroxyl groups is 1. The maximum atomic E-state index is 13.3. The molecule has 3 N–H and O–H groups in total. The zero-order valence-corrected chi connectivity index (χ0v) is 11.5. The van der Waals surface area contributed by atoms with E-state index in [-0.39, 0.29) is 18.3 Å². The fraction of sp³-hybridized carbons (Fsp3) is 0.429. The number of benzene rings is 1. The number of carbonyl (C=O) groups excluding carboxylic acids is 2. The van der Waals surface area contributed by atoms with E-state index in [1.165, 1.54) is 18.2 Å². The first kappa shape index (κ1) is 15.4. The quantitative estimate of drug-likeness (QED) is 0.775. The number of hydrogen-bond acceptors (Lipinski definition) is 4. The van der Waals surface area contributed by atoms with Crippen molar-refractivity contribution in [1.82, 2.24) is 10.2 Å². The molecule has 114 valence electrons. The Morgan fingerprint density at radius 3 is 2.62 bits per heavy atom. The number of nitrogens with zero attached hydrogens (tertiary/aromatic N) is 1. The van der Waals surface area contributed by atoms with Gasteiger partial charge in [-0.2, -0.15) is 0 Å². The van der Waals surface area contributed by atoms with Gasteiger partial charge in [0.1, 0.15) is 5.82 Å². The monoisotopic (exact) mass is 295 g/mol. The van der Waals surface area contributed by atoms with Crippen LogP contribution in [0.15, 0.2) is 24.3 Å². The number of nitrogens with one attached hydrogen (secondary N) is 2. The molecule has 0 saturated carbocycles. The summed E-state index contributed by atoms with van der Waals surface area (Å²) in [5, 5.41) is 13.8. The van der Waals surface area contributed by atoms with Crippen molar-refractivity contribution in [2.24, 2.45) is 0 Å². The van der Waals surface area contributed by atoms with Gasteiger partial charge in [0.15, 0.2) is 0 Å². The van der Waals surface area contributed by atoms with E-state index in [0.717, 1.165) is 0 Å². The molecule has 1 aliphatic rings. The summed E-state index contributed by atoms with van der Waals surface area (Å²) in [4.78, 5) is 25.2. The van der Waals surface area contributed by atoms with Gasteiger partial charge in [-0.25, -0.2) is 9.18 Å². The number of imide groups is 1. The van der Waals surface area contributed by atoms with Crippen molar-refractivity contribution in [2.45, 2.75) is 18.9 Å². The van der Waals surface area contributed by atoms with Crippen LogP contribution in [0.3, 0.4) is 0 Å². The lowest BCUT2D eigenvalue weighted by atomic mass is 10.1. The van der Waals surface area contributed by atoms with Gasteiger partial charge >= 0.3 is 6.03 Å². The number of hydrogen-bond donors (Lipinski definition) is 3. The number of amides is 3. The van der Waals surface area contributed by atoms with Gasteiger partial charge in [-0.1, -0.05) is 12.1 Å². The van der Waals surface area contributed by atoms with Crippen LogP contribution in [0.4, 0.5) is 14.9 Å². The predicted molar refractivity (Wildman–Crippen MR) is 75.2 cm³/mol. The predicted octanol–water partition coefficient (Wildman–Crippen LogP) is 0.930. The Morgan fingerprint density at radius 1 is 1.29 bits per heavy atom. The van der Waals surface area contributed by atoms with Gasteiger partial charge in [-0.05, 0) is 25.0 Å². The molecule has 0 bridgehead atoms. The molecule has 1 heterocycles. The zero-order chi connectivity index (χ0) is 15.2. The molecule has 1 aromatic rings. The van der Waals surface area contributed by atoms with E-state index < -0.39 is 17.8 Å². The van der Waals surface area contributed by atoms with Gasteiger partial charge in [-0.3, -0.25) is 15.0 Å².